The van der Waals surface area contributed by atoms with Gasteiger partial charge in [0.05, 0.1) is 24.1 Å². The molecule has 0 spiro atoms. The molecule has 1 atom stereocenters. The van der Waals surface area contributed by atoms with Crippen molar-refractivity contribution in [3.63, 3.8) is 0 Å². The summed E-state index contributed by atoms with van der Waals surface area (Å²) in [5.74, 6) is 1.71. The van der Waals surface area contributed by atoms with E-state index in [1.165, 1.54) is 0 Å². The molecule has 4 heterocycles. The molecule has 184 valence electrons. The fourth-order valence-corrected chi connectivity index (χ4v) is 4.78. The smallest absolute Gasteiger partial charge is 0.255 e. The molecule has 4 aromatic rings. The molecule has 0 radical (unpaired) electrons. The minimum Gasteiger partial charge on any atom is -0.497 e. The number of hydrogen-bond acceptors (Lipinski definition) is 7. The standard InChI is InChI=1S/C27H29N7O2/c1-17-13-18(2)34(32-17)24-11-8-20(14-29-24)26(35)33-12-4-5-21(16-33)25-23(15-30-27(28)31-25)19-6-9-22(36-3)10-7-19/h6-11,13-15,21H,4-5,12,16H2,1-3H3,(H2,28,30,31)/t21-/m0/s1. The van der Waals surface area contributed by atoms with Crippen molar-refractivity contribution in [1.82, 2.24) is 29.6 Å². The molecule has 0 saturated carbocycles. The Bertz CT molecular complexity index is 1380. The maximum absolute atomic E-state index is 13.4. The third-order valence-electron chi connectivity index (χ3n) is 6.55. The molecule has 1 aliphatic heterocycles. The molecule has 2 N–H and O–H groups in total. The molecule has 9 nitrogen and oxygen atoms in total. The number of anilines is 1. The molecule has 0 bridgehead atoms. The Kier molecular flexibility index (Phi) is 6.37. The van der Waals surface area contributed by atoms with Gasteiger partial charge in [-0.1, -0.05) is 12.1 Å². The molecule has 9 heteroatoms. The lowest BCUT2D eigenvalue weighted by atomic mass is 9.89. The van der Waals surface area contributed by atoms with E-state index in [0.29, 0.717) is 24.5 Å². The fraction of sp³-hybridized carbons (Fsp3) is 0.296. The Labute approximate surface area is 210 Å². The number of benzene rings is 1. The van der Waals surface area contributed by atoms with E-state index in [-0.39, 0.29) is 17.8 Å². The maximum Gasteiger partial charge on any atom is 0.255 e. The zero-order valence-corrected chi connectivity index (χ0v) is 20.7. The van der Waals surface area contributed by atoms with Gasteiger partial charge in [0, 0.05) is 42.7 Å². The number of aromatic nitrogens is 5. The minimum absolute atomic E-state index is 0.0415. The predicted molar refractivity (Wildman–Crippen MR) is 137 cm³/mol. The van der Waals surface area contributed by atoms with Crippen LogP contribution in [0.4, 0.5) is 5.95 Å². The van der Waals surface area contributed by atoms with Gasteiger partial charge in [-0.05, 0) is 62.6 Å². The first-order valence-corrected chi connectivity index (χ1v) is 12.0. The summed E-state index contributed by atoms with van der Waals surface area (Å²) in [6.07, 6.45) is 5.18. The second-order valence-electron chi connectivity index (χ2n) is 9.09. The highest BCUT2D eigenvalue weighted by Crippen LogP contribution is 2.34. The van der Waals surface area contributed by atoms with Gasteiger partial charge in [0.2, 0.25) is 5.95 Å². The minimum atomic E-state index is -0.0415. The lowest BCUT2D eigenvalue weighted by Gasteiger charge is -2.33. The Morgan fingerprint density at radius 2 is 1.89 bits per heavy atom. The second-order valence-corrected chi connectivity index (χ2v) is 9.09. The molecule has 1 amide bonds. The summed E-state index contributed by atoms with van der Waals surface area (Å²) >= 11 is 0. The van der Waals surface area contributed by atoms with Gasteiger partial charge < -0.3 is 15.4 Å². The maximum atomic E-state index is 13.4. The molecule has 1 fully saturated rings. The van der Waals surface area contributed by atoms with E-state index in [1.54, 1.807) is 24.2 Å². The number of nitrogen functional groups attached to an aromatic ring is 1. The van der Waals surface area contributed by atoms with Crippen LogP contribution < -0.4 is 10.5 Å². The van der Waals surface area contributed by atoms with Crippen LogP contribution >= 0.6 is 0 Å². The zero-order valence-electron chi connectivity index (χ0n) is 20.7. The van der Waals surface area contributed by atoms with Crippen LogP contribution in [0.2, 0.25) is 0 Å². The first-order valence-electron chi connectivity index (χ1n) is 12.0. The van der Waals surface area contributed by atoms with Crippen LogP contribution in [0, 0.1) is 13.8 Å². The first-order chi connectivity index (χ1) is 17.4. The number of ether oxygens (including phenoxy) is 1. The summed E-state index contributed by atoms with van der Waals surface area (Å²) in [4.78, 5) is 28.6. The first kappa shape index (κ1) is 23.5. The highest BCUT2D eigenvalue weighted by Gasteiger charge is 2.29. The molecular weight excluding hydrogens is 454 g/mol. The van der Waals surface area contributed by atoms with E-state index in [1.807, 2.05) is 61.2 Å². The number of aryl methyl sites for hydroxylation is 2. The number of hydrogen-bond donors (Lipinski definition) is 1. The summed E-state index contributed by atoms with van der Waals surface area (Å²) in [5.41, 5.74) is 11.2. The van der Waals surface area contributed by atoms with Gasteiger partial charge in [-0.2, -0.15) is 5.10 Å². The lowest BCUT2D eigenvalue weighted by molar-refractivity contribution is 0.0705. The van der Waals surface area contributed by atoms with E-state index >= 15 is 0 Å². The molecule has 5 rings (SSSR count). The largest absolute Gasteiger partial charge is 0.497 e. The van der Waals surface area contributed by atoms with Crippen LogP contribution in [0.25, 0.3) is 16.9 Å². The van der Waals surface area contributed by atoms with E-state index in [2.05, 4.69) is 20.1 Å². The predicted octanol–water partition coefficient (Wildman–Crippen LogP) is 3.95. The van der Waals surface area contributed by atoms with E-state index in [9.17, 15) is 4.79 Å². The van der Waals surface area contributed by atoms with Crippen LogP contribution in [-0.2, 0) is 0 Å². The van der Waals surface area contributed by atoms with Crippen LogP contribution in [0.15, 0.2) is 54.9 Å². The number of piperidine rings is 1. The summed E-state index contributed by atoms with van der Waals surface area (Å²) < 4.78 is 7.07. The van der Waals surface area contributed by atoms with Crippen LogP contribution in [0.5, 0.6) is 5.75 Å². The molecular formula is C27H29N7O2. The van der Waals surface area contributed by atoms with Gasteiger partial charge >= 0.3 is 0 Å². The van der Waals surface area contributed by atoms with Crippen molar-refractivity contribution in [2.45, 2.75) is 32.6 Å². The monoisotopic (exact) mass is 483 g/mol. The summed E-state index contributed by atoms with van der Waals surface area (Å²) in [7, 11) is 1.64. The summed E-state index contributed by atoms with van der Waals surface area (Å²) in [5, 5.41) is 4.47. The van der Waals surface area contributed by atoms with E-state index < -0.39 is 0 Å². The van der Waals surface area contributed by atoms with Crippen LogP contribution in [-0.4, -0.2) is 55.7 Å². The van der Waals surface area contributed by atoms with Crippen molar-refractivity contribution < 1.29 is 9.53 Å². The second kappa shape index (κ2) is 9.77. The van der Waals surface area contributed by atoms with Crippen LogP contribution in [0.1, 0.15) is 46.2 Å². The van der Waals surface area contributed by atoms with Gasteiger partial charge in [-0.15, -0.1) is 0 Å². The fourth-order valence-electron chi connectivity index (χ4n) is 4.78. The lowest BCUT2D eigenvalue weighted by Crippen LogP contribution is -2.39. The summed E-state index contributed by atoms with van der Waals surface area (Å²) in [6.45, 7) is 5.17. The highest BCUT2D eigenvalue weighted by molar-refractivity contribution is 5.94. The number of methoxy groups -OCH3 is 1. The third kappa shape index (κ3) is 4.64. The normalized spacial score (nSPS) is 15.6. The quantitative estimate of drug-likeness (QED) is 0.457. The van der Waals surface area contributed by atoms with Crippen molar-refractivity contribution in [2.24, 2.45) is 0 Å². The molecule has 36 heavy (non-hydrogen) atoms. The van der Waals surface area contributed by atoms with Crippen LogP contribution in [0.3, 0.4) is 0 Å². The van der Waals surface area contributed by atoms with E-state index in [0.717, 1.165) is 46.8 Å². The molecule has 1 aromatic carbocycles. The number of carbonyl (C=O) groups is 1. The van der Waals surface area contributed by atoms with E-state index in [4.69, 9.17) is 10.5 Å². The number of rotatable bonds is 5. The number of likely N-dealkylation sites (tertiary alicyclic amines) is 1. The Balaban J connectivity index is 1.37. The average Bonchev–Trinajstić information content (AvgIpc) is 3.26. The topological polar surface area (TPSA) is 112 Å². The third-order valence-corrected chi connectivity index (χ3v) is 6.55. The van der Waals surface area contributed by atoms with Gasteiger partial charge in [0.1, 0.15) is 5.75 Å². The molecule has 0 unspecified atom stereocenters. The Hall–Kier alpha value is -4.27. The van der Waals surface area contributed by atoms with Gasteiger partial charge in [-0.3, -0.25) is 4.79 Å². The van der Waals surface area contributed by atoms with Crippen molar-refractivity contribution >= 4 is 11.9 Å². The number of nitrogens with two attached hydrogens (primary N) is 1. The number of amides is 1. The molecule has 3 aromatic heterocycles. The summed E-state index contributed by atoms with van der Waals surface area (Å²) in [6, 6.07) is 13.4. The number of pyridine rings is 1. The molecule has 1 saturated heterocycles. The van der Waals surface area contributed by atoms with Crippen molar-refractivity contribution in [2.75, 3.05) is 25.9 Å². The molecule has 0 aliphatic carbocycles. The average molecular weight is 484 g/mol. The van der Waals surface area contributed by atoms with Crippen molar-refractivity contribution in [1.29, 1.82) is 0 Å². The van der Waals surface area contributed by atoms with Gasteiger partial charge in [0.25, 0.3) is 5.91 Å². The Morgan fingerprint density at radius 3 is 2.56 bits per heavy atom. The SMILES string of the molecule is COc1ccc(-c2cnc(N)nc2[C@H]2CCCN(C(=O)c3ccc(-n4nc(C)cc4C)nc3)C2)cc1. The van der Waals surface area contributed by atoms with Crippen molar-refractivity contribution in [3.8, 4) is 22.7 Å². The van der Waals surface area contributed by atoms with Crippen molar-refractivity contribution in [3.05, 3.63) is 77.5 Å². The number of nitrogens with zero attached hydrogens (tertiary/aromatic N) is 6. The van der Waals surface area contributed by atoms with Gasteiger partial charge in [0.15, 0.2) is 5.82 Å². The number of carbonyl (C=O) groups excluding carboxylic acids is 1. The highest BCUT2D eigenvalue weighted by atomic mass is 16.5. The Morgan fingerprint density at radius 1 is 1.08 bits per heavy atom. The zero-order chi connectivity index (χ0) is 25.2. The molecule has 1 aliphatic rings. The van der Waals surface area contributed by atoms with Gasteiger partial charge in [-0.25, -0.2) is 19.6 Å².